The lowest BCUT2D eigenvalue weighted by molar-refractivity contribution is 0.123. The lowest BCUT2D eigenvalue weighted by atomic mass is 9.97. The maximum absolute atomic E-state index is 5.47. The summed E-state index contributed by atoms with van der Waals surface area (Å²) >= 11 is 0. The van der Waals surface area contributed by atoms with Gasteiger partial charge in [0.1, 0.15) is 0 Å². The van der Waals surface area contributed by atoms with Crippen LogP contribution in [0, 0.1) is 6.92 Å². The van der Waals surface area contributed by atoms with Crippen LogP contribution < -0.4 is 0 Å². The average molecular weight is 303 g/mol. The zero-order valence-electron chi connectivity index (χ0n) is 13.0. The summed E-state index contributed by atoms with van der Waals surface area (Å²) in [4.78, 5) is 11.3. The maximum Gasteiger partial charge on any atom is 0.243 e. The summed E-state index contributed by atoms with van der Waals surface area (Å²) in [6, 6.07) is 0.131. The third kappa shape index (κ3) is 2.65. The second-order valence-corrected chi connectivity index (χ2v) is 6.45. The zero-order chi connectivity index (χ0) is 15.1. The van der Waals surface area contributed by atoms with Gasteiger partial charge < -0.3 is 9.05 Å². The van der Waals surface area contributed by atoms with Gasteiger partial charge in [0, 0.05) is 12.5 Å². The SMILES string of the molecule is Cc1noc(C2CCCN(C(C)c3nc(C4CC4)no3)C2)n1. The Bertz CT molecular complexity index is 648. The van der Waals surface area contributed by atoms with Crippen LogP contribution in [0.1, 0.15) is 73.9 Å². The van der Waals surface area contributed by atoms with Crippen LogP contribution in [0.5, 0.6) is 0 Å². The predicted octanol–water partition coefficient (Wildman–Crippen LogP) is 2.58. The quantitative estimate of drug-likeness (QED) is 0.858. The molecule has 0 aromatic carbocycles. The Labute approximate surface area is 129 Å². The lowest BCUT2D eigenvalue weighted by Gasteiger charge is -2.33. The van der Waals surface area contributed by atoms with Gasteiger partial charge in [-0.25, -0.2) is 0 Å². The van der Waals surface area contributed by atoms with Gasteiger partial charge in [-0.15, -0.1) is 0 Å². The van der Waals surface area contributed by atoms with Crippen molar-refractivity contribution in [2.45, 2.75) is 57.4 Å². The first-order valence-electron chi connectivity index (χ1n) is 8.08. The molecular weight excluding hydrogens is 282 g/mol. The average Bonchev–Trinajstić information content (AvgIpc) is 3.10. The highest BCUT2D eigenvalue weighted by Crippen LogP contribution is 2.39. The summed E-state index contributed by atoms with van der Waals surface area (Å²) in [5, 5.41) is 8.03. The molecule has 22 heavy (non-hydrogen) atoms. The van der Waals surface area contributed by atoms with E-state index < -0.39 is 0 Å². The summed E-state index contributed by atoms with van der Waals surface area (Å²) in [5.74, 6) is 3.88. The fraction of sp³-hybridized carbons (Fsp3) is 0.733. The minimum Gasteiger partial charge on any atom is -0.339 e. The van der Waals surface area contributed by atoms with Gasteiger partial charge >= 0.3 is 0 Å². The van der Waals surface area contributed by atoms with E-state index in [1.807, 2.05) is 6.92 Å². The number of piperidine rings is 1. The Balaban J connectivity index is 1.46. The van der Waals surface area contributed by atoms with Gasteiger partial charge in [0.25, 0.3) is 0 Å². The highest BCUT2D eigenvalue weighted by molar-refractivity contribution is 5.05. The molecule has 118 valence electrons. The van der Waals surface area contributed by atoms with E-state index >= 15 is 0 Å². The molecule has 1 saturated carbocycles. The van der Waals surface area contributed by atoms with E-state index in [1.165, 1.54) is 12.8 Å². The molecule has 2 fully saturated rings. The first-order valence-corrected chi connectivity index (χ1v) is 8.08. The fourth-order valence-corrected chi connectivity index (χ4v) is 3.12. The lowest BCUT2D eigenvalue weighted by Crippen LogP contribution is -2.36. The Kier molecular flexibility index (Phi) is 3.44. The summed E-state index contributed by atoms with van der Waals surface area (Å²) in [5.41, 5.74) is 0. The minimum absolute atomic E-state index is 0.131. The van der Waals surface area contributed by atoms with Crippen molar-refractivity contribution in [2.75, 3.05) is 13.1 Å². The third-order valence-corrected chi connectivity index (χ3v) is 4.65. The molecule has 4 rings (SSSR count). The molecule has 2 aliphatic rings. The predicted molar refractivity (Wildman–Crippen MR) is 77.3 cm³/mol. The molecule has 0 N–H and O–H groups in total. The number of aryl methyl sites for hydroxylation is 1. The van der Waals surface area contributed by atoms with E-state index in [9.17, 15) is 0 Å². The van der Waals surface area contributed by atoms with Gasteiger partial charge in [-0.3, -0.25) is 4.90 Å². The minimum atomic E-state index is 0.131. The van der Waals surface area contributed by atoms with Crippen molar-refractivity contribution >= 4 is 0 Å². The number of hydrogen-bond donors (Lipinski definition) is 0. The molecule has 2 aromatic heterocycles. The van der Waals surface area contributed by atoms with Crippen LogP contribution in [-0.2, 0) is 0 Å². The van der Waals surface area contributed by atoms with Gasteiger partial charge in [-0.1, -0.05) is 10.3 Å². The molecule has 7 heteroatoms. The van der Waals surface area contributed by atoms with Crippen LogP contribution in [0.3, 0.4) is 0 Å². The van der Waals surface area contributed by atoms with Crippen LogP contribution in [0.4, 0.5) is 0 Å². The van der Waals surface area contributed by atoms with Crippen molar-refractivity contribution in [3.8, 4) is 0 Å². The Morgan fingerprint density at radius 1 is 1.09 bits per heavy atom. The summed E-state index contributed by atoms with van der Waals surface area (Å²) < 4.78 is 10.8. The zero-order valence-corrected chi connectivity index (χ0v) is 13.0. The van der Waals surface area contributed by atoms with Crippen LogP contribution in [0.2, 0.25) is 0 Å². The standard InChI is InChI=1S/C15H21N5O2/c1-9(14-17-13(19-21-14)11-5-6-11)20-7-3-4-12(8-20)15-16-10(2)18-22-15/h9,11-12H,3-8H2,1-2H3. The number of hydrogen-bond acceptors (Lipinski definition) is 7. The smallest absolute Gasteiger partial charge is 0.243 e. The molecule has 1 aliphatic carbocycles. The molecule has 2 unspecified atom stereocenters. The summed E-state index contributed by atoms with van der Waals surface area (Å²) in [6.07, 6.45) is 4.58. The molecule has 3 heterocycles. The molecule has 0 amide bonds. The van der Waals surface area contributed by atoms with Crippen LogP contribution >= 0.6 is 0 Å². The molecule has 2 atom stereocenters. The number of nitrogens with zero attached hydrogens (tertiary/aromatic N) is 5. The van der Waals surface area contributed by atoms with Crippen molar-refractivity contribution in [3.63, 3.8) is 0 Å². The van der Waals surface area contributed by atoms with Crippen molar-refractivity contribution < 1.29 is 9.05 Å². The third-order valence-electron chi connectivity index (χ3n) is 4.65. The number of likely N-dealkylation sites (tertiary alicyclic amines) is 1. The van der Waals surface area contributed by atoms with Gasteiger partial charge in [-0.2, -0.15) is 9.97 Å². The number of aromatic nitrogens is 4. The molecule has 7 nitrogen and oxygen atoms in total. The number of rotatable bonds is 4. The largest absolute Gasteiger partial charge is 0.339 e. The van der Waals surface area contributed by atoms with E-state index in [4.69, 9.17) is 9.05 Å². The van der Waals surface area contributed by atoms with E-state index in [0.29, 0.717) is 17.7 Å². The van der Waals surface area contributed by atoms with Crippen molar-refractivity contribution in [1.82, 2.24) is 25.2 Å². The van der Waals surface area contributed by atoms with Gasteiger partial charge in [-0.05, 0) is 46.1 Å². The van der Waals surface area contributed by atoms with Crippen molar-refractivity contribution in [2.24, 2.45) is 0 Å². The maximum atomic E-state index is 5.47. The van der Waals surface area contributed by atoms with Crippen LogP contribution in [-0.4, -0.2) is 38.3 Å². The second-order valence-electron chi connectivity index (χ2n) is 6.45. The summed E-state index contributed by atoms with van der Waals surface area (Å²) in [6.45, 7) is 5.91. The molecular formula is C15H21N5O2. The van der Waals surface area contributed by atoms with Crippen LogP contribution in [0.15, 0.2) is 9.05 Å². The monoisotopic (exact) mass is 303 g/mol. The molecule has 1 saturated heterocycles. The fourth-order valence-electron chi connectivity index (χ4n) is 3.12. The Morgan fingerprint density at radius 3 is 2.68 bits per heavy atom. The molecule has 2 aromatic rings. The normalized spacial score (nSPS) is 24.5. The van der Waals surface area contributed by atoms with Crippen molar-refractivity contribution in [1.29, 1.82) is 0 Å². The van der Waals surface area contributed by atoms with E-state index in [2.05, 4.69) is 32.1 Å². The molecule has 1 aliphatic heterocycles. The van der Waals surface area contributed by atoms with Gasteiger partial charge in [0.05, 0.1) is 12.0 Å². The topological polar surface area (TPSA) is 81.1 Å². The van der Waals surface area contributed by atoms with E-state index in [0.717, 1.165) is 43.5 Å². The highest BCUT2D eigenvalue weighted by atomic mass is 16.5. The Morgan fingerprint density at radius 2 is 1.95 bits per heavy atom. The Hall–Kier alpha value is -1.76. The van der Waals surface area contributed by atoms with Crippen molar-refractivity contribution in [3.05, 3.63) is 23.4 Å². The first kappa shape index (κ1) is 13.9. The van der Waals surface area contributed by atoms with E-state index in [1.54, 1.807) is 0 Å². The highest BCUT2D eigenvalue weighted by Gasteiger charge is 2.33. The van der Waals surface area contributed by atoms with Gasteiger partial charge in [0.15, 0.2) is 11.6 Å². The van der Waals surface area contributed by atoms with E-state index in [-0.39, 0.29) is 6.04 Å². The van der Waals surface area contributed by atoms with Gasteiger partial charge in [0.2, 0.25) is 11.8 Å². The molecule has 0 spiro atoms. The van der Waals surface area contributed by atoms with Crippen LogP contribution in [0.25, 0.3) is 0 Å². The first-order chi connectivity index (χ1) is 10.7. The second kappa shape index (κ2) is 5.46. The molecule has 0 bridgehead atoms. The molecule has 0 radical (unpaired) electrons. The summed E-state index contributed by atoms with van der Waals surface area (Å²) in [7, 11) is 0.